The molecule has 2 heterocycles. The molecule has 0 bridgehead atoms. The highest BCUT2D eigenvalue weighted by atomic mass is 35.5. The van der Waals surface area contributed by atoms with E-state index in [1.54, 1.807) is 0 Å². The van der Waals surface area contributed by atoms with Crippen molar-refractivity contribution in [3.05, 3.63) is 46.7 Å². The minimum atomic E-state index is -4.74. The molecule has 0 radical (unpaired) electrons. The first-order chi connectivity index (χ1) is 9.60. The Morgan fingerprint density at radius 1 is 0.857 bits per heavy atom. The van der Waals surface area contributed by atoms with Crippen LogP contribution < -0.4 is 0 Å². The molecule has 2 aromatic rings. The van der Waals surface area contributed by atoms with Gasteiger partial charge in [0.2, 0.25) is 0 Å². The van der Waals surface area contributed by atoms with Crippen LogP contribution in [0.15, 0.2) is 30.6 Å². The van der Waals surface area contributed by atoms with Gasteiger partial charge in [0.05, 0.1) is 21.8 Å². The minimum absolute atomic E-state index is 0.388. The van der Waals surface area contributed by atoms with Crippen LogP contribution in [-0.4, -0.2) is 9.97 Å². The lowest BCUT2D eigenvalue weighted by Gasteiger charge is -2.12. The average Bonchev–Trinajstić information content (AvgIpc) is 2.37. The van der Waals surface area contributed by atoms with Crippen LogP contribution in [0.1, 0.15) is 11.1 Å². The molecule has 0 aromatic carbocycles. The standard InChI is InChI=1S/C12H5ClF6N2/c13-9-7(12(17,18)19)2-4-21-10(9)8-5-6(1-3-20-8)11(14,15)16/h1-5H. The van der Waals surface area contributed by atoms with Gasteiger partial charge >= 0.3 is 12.4 Å². The molecule has 0 atom stereocenters. The summed E-state index contributed by atoms with van der Waals surface area (Å²) >= 11 is 5.59. The Bertz CT molecular complexity index is 666. The lowest BCUT2D eigenvalue weighted by molar-refractivity contribution is -0.138. The maximum absolute atomic E-state index is 12.7. The molecule has 0 aliphatic carbocycles. The van der Waals surface area contributed by atoms with Crippen molar-refractivity contribution in [2.24, 2.45) is 0 Å². The molecule has 0 aliphatic heterocycles. The minimum Gasteiger partial charge on any atom is -0.255 e. The van der Waals surface area contributed by atoms with E-state index in [1.165, 1.54) is 0 Å². The molecule has 0 amide bonds. The molecule has 0 spiro atoms. The van der Waals surface area contributed by atoms with Crippen molar-refractivity contribution < 1.29 is 26.3 Å². The summed E-state index contributed by atoms with van der Waals surface area (Å²) in [5.41, 5.74) is -3.09. The number of nitrogens with zero attached hydrogens (tertiary/aromatic N) is 2. The smallest absolute Gasteiger partial charge is 0.255 e. The third kappa shape index (κ3) is 3.26. The van der Waals surface area contributed by atoms with E-state index in [4.69, 9.17) is 11.6 Å². The van der Waals surface area contributed by atoms with Crippen molar-refractivity contribution in [3.8, 4) is 11.4 Å². The summed E-state index contributed by atoms with van der Waals surface area (Å²) < 4.78 is 75.9. The fourth-order valence-electron chi connectivity index (χ4n) is 1.58. The van der Waals surface area contributed by atoms with Crippen LogP contribution in [0.25, 0.3) is 11.4 Å². The number of pyridine rings is 2. The van der Waals surface area contributed by atoms with Crippen LogP contribution >= 0.6 is 11.6 Å². The van der Waals surface area contributed by atoms with Gasteiger partial charge in [-0.2, -0.15) is 26.3 Å². The van der Waals surface area contributed by atoms with E-state index in [0.717, 1.165) is 12.4 Å². The second kappa shape index (κ2) is 5.18. The van der Waals surface area contributed by atoms with E-state index in [1.807, 2.05) is 0 Å². The van der Waals surface area contributed by atoms with E-state index in [0.29, 0.717) is 18.2 Å². The van der Waals surface area contributed by atoms with Gasteiger partial charge in [-0.15, -0.1) is 0 Å². The highest BCUT2D eigenvalue weighted by Gasteiger charge is 2.35. The number of hydrogen-bond donors (Lipinski definition) is 0. The molecular weight excluding hydrogens is 322 g/mol. The van der Waals surface area contributed by atoms with Gasteiger partial charge in [-0.1, -0.05) is 11.6 Å². The van der Waals surface area contributed by atoms with Gasteiger partial charge < -0.3 is 0 Å². The van der Waals surface area contributed by atoms with Gasteiger partial charge in [0, 0.05) is 12.4 Å². The number of hydrogen-bond acceptors (Lipinski definition) is 2. The van der Waals surface area contributed by atoms with Crippen molar-refractivity contribution in [1.29, 1.82) is 0 Å². The molecule has 112 valence electrons. The summed E-state index contributed by atoms with van der Waals surface area (Å²) in [5.74, 6) is 0. The van der Waals surface area contributed by atoms with Gasteiger partial charge in [-0.25, -0.2) is 0 Å². The molecule has 2 aromatic heterocycles. The van der Waals surface area contributed by atoms with E-state index in [9.17, 15) is 26.3 Å². The number of halogens is 7. The van der Waals surface area contributed by atoms with Crippen molar-refractivity contribution in [2.45, 2.75) is 12.4 Å². The molecule has 0 saturated carbocycles. The third-order valence-corrected chi connectivity index (χ3v) is 2.91. The number of aromatic nitrogens is 2. The van der Waals surface area contributed by atoms with Gasteiger partial charge in [-0.05, 0) is 18.2 Å². The Labute approximate surface area is 119 Å². The van der Waals surface area contributed by atoms with Gasteiger partial charge in [-0.3, -0.25) is 9.97 Å². The normalized spacial score (nSPS) is 12.5. The van der Waals surface area contributed by atoms with Crippen LogP contribution in [-0.2, 0) is 12.4 Å². The predicted octanol–water partition coefficient (Wildman–Crippen LogP) is 4.83. The van der Waals surface area contributed by atoms with Gasteiger partial charge in [0.25, 0.3) is 0 Å². The molecule has 2 nitrogen and oxygen atoms in total. The molecule has 0 unspecified atom stereocenters. The summed E-state index contributed by atoms with van der Waals surface area (Å²) in [6.07, 6.45) is -7.75. The topological polar surface area (TPSA) is 25.8 Å². The zero-order chi connectivity index (χ0) is 15.8. The fourth-order valence-corrected chi connectivity index (χ4v) is 1.89. The Kier molecular flexibility index (Phi) is 3.83. The summed E-state index contributed by atoms with van der Waals surface area (Å²) in [4.78, 5) is 7.18. The summed E-state index contributed by atoms with van der Waals surface area (Å²) in [6.45, 7) is 0. The van der Waals surface area contributed by atoms with E-state index in [2.05, 4.69) is 9.97 Å². The predicted molar refractivity (Wildman–Crippen MR) is 62.5 cm³/mol. The Morgan fingerprint density at radius 3 is 2.05 bits per heavy atom. The Morgan fingerprint density at radius 2 is 1.48 bits per heavy atom. The quantitative estimate of drug-likeness (QED) is 0.701. The van der Waals surface area contributed by atoms with Crippen molar-refractivity contribution in [3.63, 3.8) is 0 Å². The zero-order valence-electron chi connectivity index (χ0n) is 9.93. The van der Waals surface area contributed by atoms with E-state index >= 15 is 0 Å². The van der Waals surface area contributed by atoms with Crippen LogP contribution in [0.2, 0.25) is 5.02 Å². The zero-order valence-corrected chi connectivity index (χ0v) is 10.7. The second-order valence-electron chi connectivity index (χ2n) is 3.95. The summed E-state index contributed by atoms with van der Waals surface area (Å²) in [6, 6.07) is 1.93. The lowest BCUT2D eigenvalue weighted by Crippen LogP contribution is -2.08. The maximum atomic E-state index is 12.7. The van der Waals surface area contributed by atoms with E-state index < -0.39 is 34.2 Å². The maximum Gasteiger partial charge on any atom is 0.417 e. The largest absolute Gasteiger partial charge is 0.417 e. The molecular formula is C12H5ClF6N2. The lowest BCUT2D eigenvalue weighted by atomic mass is 10.1. The third-order valence-electron chi connectivity index (χ3n) is 2.52. The Hall–Kier alpha value is -1.83. The summed E-state index contributed by atoms with van der Waals surface area (Å²) in [7, 11) is 0. The van der Waals surface area contributed by atoms with Crippen molar-refractivity contribution >= 4 is 11.6 Å². The van der Waals surface area contributed by atoms with E-state index in [-0.39, 0.29) is 5.69 Å². The molecule has 0 saturated heterocycles. The fraction of sp³-hybridized carbons (Fsp3) is 0.167. The first-order valence-corrected chi connectivity index (χ1v) is 5.74. The van der Waals surface area contributed by atoms with Crippen LogP contribution in [0, 0.1) is 0 Å². The van der Waals surface area contributed by atoms with Crippen LogP contribution in [0.5, 0.6) is 0 Å². The molecule has 21 heavy (non-hydrogen) atoms. The number of alkyl halides is 6. The summed E-state index contributed by atoms with van der Waals surface area (Å²) in [5, 5.41) is -0.795. The van der Waals surface area contributed by atoms with Gasteiger partial charge in [0.1, 0.15) is 5.69 Å². The molecule has 0 aliphatic rings. The highest BCUT2D eigenvalue weighted by Crippen LogP contribution is 2.39. The molecule has 9 heteroatoms. The SMILES string of the molecule is FC(F)(F)c1ccnc(-c2nccc(C(F)(F)F)c2Cl)c1. The number of rotatable bonds is 1. The van der Waals surface area contributed by atoms with Crippen molar-refractivity contribution in [1.82, 2.24) is 9.97 Å². The monoisotopic (exact) mass is 326 g/mol. The van der Waals surface area contributed by atoms with Crippen molar-refractivity contribution in [2.75, 3.05) is 0 Å². The Balaban J connectivity index is 2.58. The first-order valence-electron chi connectivity index (χ1n) is 5.36. The molecule has 0 N–H and O–H groups in total. The van der Waals surface area contributed by atoms with Gasteiger partial charge in [0.15, 0.2) is 0 Å². The van der Waals surface area contributed by atoms with Crippen LogP contribution in [0.3, 0.4) is 0 Å². The first kappa shape index (κ1) is 15.6. The highest BCUT2D eigenvalue weighted by molar-refractivity contribution is 6.33. The molecule has 0 fully saturated rings. The second-order valence-corrected chi connectivity index (χ2v) is 4.32. The van der Waals surface area contributed by atoms with Crippen LogP contribution in [0.4, 0.5) is 26.3 Å². The average molecular weight is 327 g/mol. The molecule has 2 rings (SSSR count).